The van der Waals surface area contributed by atoms with E-state index in [1.54, 1.807) is 6.07 Å². The monoisotopic (exact) mass is 512 g/mol. The zero-order chi connectivity index (χ0) is 23.6. The van der Waals surface area contributed by atoms with E-state index in [2.05, 4.69) is 31.9 Å². The SMILES string of the molecule is C1CNCCN1.O=C(Nc1ccc([N+](=O)[O-])cc1)c1cc(Br)cc(Cc2ccccc2)c1O. The van der Waals surface area contributed by atoms with E-state index in [0.717, 1.165) is 31.7 Å². The van der Waals surface area contributed by atoms with Crippen molar-refractivity contribution in [3.05, 3.63) is 98.0 Å². The van der Waals surface area contributed by atoms with Crippen LogP contribution in [-0.4, -0.2) is 42.1 Å². The number of amides is 1. The topological polar surface area (TPSA) is 117 Å². The lowest BCUT2D eigenvalue weighted by Gasteiger charge is -2.12. The van der Waals surface area contributed by atoms with Crippen LogP contribution in [0.15, 0.2) is 71.2 Å². The van der Waals surface area contributed by atoms with Crippen molar-refractivity contribution in [3.63, 3.8) is 0 Å². The Hall–Kier alpha value is -3.27. The standard InChI is InChI=1S/C20H15BrN2O4.C4H10N2/c21-15-11-14(10-13-4-2-1-3-5-13)19(24)18(12-15)20(25)22-16-6-8-17(9-7-16)23(26)27;1-2-6-4-3-5-1/h1-9,11-12,24H,10H2,(H,22,25);5-6H,1-4H2. The van der Waals surface area contributed by atoms with E-state index in [1.165, 1.54) is 30.3 Å². The maximum Gasteiger partial charge on any atom is 0.269 e. The number of benzene rings is 3. The van der Waals surface area contributed by atoms with Gasteiger partial charge in [0.2, 0.25) is 0 Å². The molecular weight excluding hydrogens is 488 g/mol. The number of halogens is 1. The summed E-state index contributed by atoms with van der Waals surface area (Å²) in [5.41, 5.74) is 2.07. The van der Waals surface area contributed by atoms with Gasteiger partial charge in [0.1, 0.15) is 5.75 Å². The number of non-ortho nitro benzene ring substituents is 1. The number of phenolic OH excluding ortho intramolecular Hbond substituents is 1. The summed E-state index contributed by atoms with van der Waals surface area (Å²) in [5, 5.41) is 30.4. The zero-order valence-corrected chi connectivity index (χ0v) is 19.5. The fourth-order valence-electron chi connectivity index (χ4n) is 3.25. The van der Waals surface area contributed by atoms with Crippen molar-refractivity contribution in [2.24, 2.45) is 0 Å². The molecule has 0 unspecified atom stereocenters. The molecule has 172 valence electrons. The molecule has 1 fully saturated rings. The van der Waals surface area contributed by atoms with Crippen LogP contribution in [-0.2, 0) is 6.42 Å². The number of nitro groups is 1. The Morgan fingerprint density at radius 1 is 1.00 bits per heavy atom. The molecule has 8 nitrogen and oxygen atoms in total. The van der Waals surface area contributed by atoms with Gasteiger partial charge in [0, 0.05) is 60.5 Å². The van der Waals surface area contributed by atoms with Crippen molar-refractivity contribution >= 4 is 33.2 Å². The Morgan fingerprint density at radius 3 is 2.15 bits per heavy atom. The Labute approximate surface area is 200 Å². The summed E-state index contributed by atoms with van der Waals surface area (Å²) in [6.45, 7) is 4.56. The molecule has 0 bridgehead atoms. The van der Waals surface area contributed by atoms with E-state index in [4.69, 9.17) is 0 Å². The van der Waals surface area contributed by atoms with Crippen LogP contribution < -0.4 is 16.0 Å². The molecule has 0 aliphatic carbocycles. The van der Waals surface area contributed by atoms with E-state index in [9.17, 15) is 20.0 Å². The number of hydrogen-bond donors (Lipinski definition) is 4. The number of hydrogen-bond acceptors (Lipinski definition) is 6. The van der Waals surface area contributed by atoms with E-state index in [1.807, 2.05) is 30.3 Å². The van der Waals surface area contributed by atoms with Crippen molar-refractivity contribution in [2.75, 3.05) is 31.5 Å². The number of piperazine rings is 1. The molecule has 1 aliphatic rings. The Bertz CT molecular complexity index is 1080. The van der Waals surface area contributed by atoms with Crippen molar-refractivity contribution < 1.29 is 14.8 Å². The molecular formula is C24H25BrN4O4. The number of anilines is 1. The largest absolute Gasteiger partial charge is 0.507 e. The van der Waals surface area contributed by atoms with Gasteiger partial charge in [-0.3, -0.25) is 14.9 Å². The first kappa shape index (κ1) is 24.4. The Balaban J connectivity index is 0.000000442. The molecule has 0 atom stereocenters. The Kier molecular flexibility index (Phi) is 8.94. The van der Waals surface area contributed by atoms with Crippen LogP contribution in [0.1, 0.15) is 21.5 Å². The van der Waals surface area contributed by atoms with Crippen molar-refractivity contribution in [1.29, 1.82) is 0 Å². The molecule has 4 N–H and O–H groups in total. The first-order valence-corrected chi connectivity index (χ1v) is 11.3. The van der Waals surface area contributed by atoms with E-state index in [0.29, 0.717) is 22.1 Å². The van der Waals surface area contributed by atoms with Gasteiger partial charge >= 0.3 is 0 Å². The van der Waals surface area contributed by atoms with Gasteiger partial charge in [-0.1, -0.05) is 46.3 Å². The third-order valence-corrected chi connectivity index (χ3v) is 5.39. The first-order valence-electron chi connectivity index (χ1n) is 10.5. The molecule has 0 spiro atoms. The van der Waals surface area contributed by atoms with E-state index in [-0.39, 0.29) is 17.0 Å². The normalized spacial score (nSPS) is 12.9. The fraction of sp³-hybridized carbons (Fsp3) is 0.208. The molecule has 0 saturated carbocycles. The van der Waals surface area contributed by atoms with Gasteiger partial charge < -0.3 is 21.1 Å². The summed E-state index contributed by atoms with van der Waals surface area (Å²) >= 11 is 3.37. The average Bonchev–Trinajstić information content (AvgIpc) is 2.83. The predicted octanol–water partition coefficient (Wildman–Crippen LogP) is 4.09. The molecule has 0 aromatic heterocycles. The average molecular weight is 513 g/mol. The second kappa shape index (κ2) is 12.1. The first-order chi connectivity index (χ1) is 15.9. The highest BCUT2D eigenvalue weighted by Gasteiger charge is 2.17. The number of carbonyl (C=O) groups excluding carboxylic acids is 1. The molecule has 4 rings (SSSR count). The molecule has 0 radical (unpaired) electrons. The number of nitrogens with one attached hydrogen (secondary N) is 3. The minimum Gasteiger partial charge on any atom is -0.507 e. The lowest BCUT2D eigenvalue weighted by atomic mass is 10.0. The molecule has 1 heterocycles. The van der Waals surface area contributed by atoms with Gasteiger partial charge in [0.15, 0.2) is 0 Å². The van der Waals surface area contributed by atoms with Crippen LogP contribution in [0.4, 0.5) is 11.4 Å². The second-order valence-corrected chi connectivity index (χ2v) is 8.30. The lowest BCUT2D eigenvalue weighted by molar-refractivity contribution is -0.384. The lowest BCUT2D eigenvalue weighted by Crippen LogP contribution is -2.39. The van der Waals surface area contributed by atoms with Gasteiger partial charge in [-0.25, -0.2) is 0 Å². The number of nitro benzene ring substituents is 1. The highest BCUT2D eigenvalue weighted by molar-refractivity contribution is 9.10. The number of rotatable bonds is 5. The predicted molar refractivity (Wildman–Crippen MR) is 132 cm³/mol. The summed E-state index contributed by atoms with van der Waals surface area (Å²) in [6, 6.07) is 18.4. The Morgan fingerprint density at radius 2 is 1.61 bits per heavy atom. The molecule has 9 heteroatoms. The third kappa shape index (κ3) is 7.38. The van der Waals surface area contributed by atoms with Crippen molar-refractivity contribution in [1.82, 2.24) is 10.6 Å². The maximum atomic E-state index is 12.6. The van der Waals surface area contributed by atoms with E-state index < -0.39 is 10.8 Å². The summed E-state index contributed by atoms with van der Waals surface area (Å²) in [5.74, 6) is -0.599. The van der Waals surface area contributed by atoms with Gasteiger partial charge in [-0.2, -0.15) is 0 Å². The quantitative estimate of drug-likeness (QED) is 0.302. The fourth-order valence-corrected chi connectivity index (χ4v) is 3.75. The molecule has 3 aromatic rings. The zero-order valence-electron chi connectivity index (χ0n) is 17.9. The van der Waals surface area contributed by atoms with Crippen LogP contribution in [0, 0.1) is 10.1 Å². The van der Waals surface area contributed by atoms with Crippen molar-refractivity contribution in [2.45, 2.75) is 6.42 Å². The van der Waals surface area contributed by atoms with Crippen LogP contribution in [0.2, 0.25) is 0 Å². The molecule has 33 heavy (non-hydrogen) atoms. The number of phenols is 1. The third-order valence-electron chi connectivity index (χ3n) is 4.93. The van der Waals surface area contributed by atoms with Crippen LogP contribution in [0.5, 0.6) is 5.75 Å². The van der Waals surface area contributed by atoms with Crippen LogP contribution in [0.25, 0.3) is 0 Å². The molecule has 1 amide bonds. The number of aromatic hydroxyl groups is 1. The minimum absolute atomic E-state index is 0.0663. The summed E-state index contributed by atoms with van der Waals surface area (Å²) < 4.78 is 0.667. The minimum atomic E-state index is -0.512. The molecule has 3 aromatic carbocycles. The van der Waals surface area contributed by atoms with Gasteiger partial charge in [0.05, 0.1) is 10.5 Å². The summed E-state index contributed by atoms with van der Waals surface area (Å²) in [4.78, 5) is 22.8. The van der Waals surface area contributed by atoms with E-state index >= 15 is 0 Å². The van der Waals surface area contributed by atoms with Crippen molar-refractivity contribution in [3.8, 4) is 5.75 Å². The maximum absolute atomic E-state index is 12.6. The van der Waals surface area contributed by atoms with Gasteiger partial charge in [-0.05, 0) is 29.8 Å². The van der Waals surface area contributed by atoms with Gasteiger partial charge in [-0.15, -0.1) is 0 Å². The molecule has 1 saturated heterocycles. The number of nitrogens with zero attached hydrogens (tertiary/aromatic N) is 1. The summed E-state index contributed by atoms with van der Waals surface area (Å²) in [7, 11) is 0. The summed E-state index contributed by atoms with van der Waals surface area (Å²) in [6.07, 6.45) is 0.476. The second-order valence-electron chi connectivity index (χ2n) is 7.38. The highest BCUT2D eigenvalue weighted by atomic mass is 79.9. The van der Waals surface area contributed by atoms with Crippen LogP contribution in [0.3, 0.4) is 0 Å². The van der Waals surface area contributed by atoms with Crippen LogP contribution >= 0.6 is 15.9 Å². The smallest absolute Gasteiger partial charge is 0.269 e. The molecule has 1 aliphatic heterocycles. The highest BCUT2D eigenvalue weighted by Crippen LogP contribution is 2.30. The number of carbonyl (C=O) groups is 1. The van der Waals surface area contributed by atoms with Gasteiger partial charge in [0.25, 0.3) is 11.6 Å².